The molecule has 1 saturated heterocycles. The number of carbonyl (C=O) groups is 1. The molecule has 0 aliphatic carbocycles. The van der Waals surface area contributed by atoms with Gasteiger partial charge in [-0.1, -0.05) is 0 Å². The second-order valence-corrected chi connectivity index (χ2v) is 4.27. The maximum atomic E-state index is 10.9. The second kappa shape index (κ2) is 8.41. The Morgan fingerprint density at radius 3 is 1.59 bits per heavy atom. The highest BCUT2D eigenvalue weighted by Gasteiger charge is 2.14. The van der Waals surface area contributed by atoms with Crippen LogP contribution in [-0.4, -0.2) is 96.9 Å². The summed E-state index contributed by atoms with van der Waals surface area (Å²) in [5.74, 6) is 0. The summed E-state index contributed by atoms with van der Waals surface area (Å²) in [6.45, 7) is 6.30. The molecule has 6 nitrogen and oxygen atoms in total. The Kier molecular flexibility index (Phi) is 7.11. The maximum Gasteiger partial charge on any atom is 0.209 e. The second-order valence-electron chi connectivity index (χ2n) is 4.27. The van der Waals surface area contributed by atoms with E-state index >= 15 is 0 Å². The number of aliphatic hydroxyl groups is 2. The minimum absolute atomic E-state index is 0.140. The summed E-state index contributed by atoms with van der Waals surface area (Å²) in [6.07, 6.45) is 0.875. The van der Waals surface area contributed by atoms with Crippen molar-refractivity contribution in [3.05, 3.63) is 0 Å². The molecule has 0 spiro atoms. The smallest absolute Gasteiger partial charge is 0.209 e. The summed E-state index contributed by atoms with van der Waals surface area (Å²) in [7, 11) is 0. The van der Waals surface area contributed by atoms with Gasteiger partial charge in [0.2, 0.25) is 6.41 Å². The minimum Gasteiger partial charge on any atom is -0.395 e. The third-order valence-electron chi connectivity index (χ3n) is 3.12. The lowest BCUT2D eigenvalue weighted by molar-refractivity contribution is -0.118. The molecule has 1 rings (SSSR count). The lowest BCUT2D eigenvalue weighted by Gasteiger charge is -2.24. The Morgan fingerprint density at radius 1 is 0.824 bits per heavy atom. The van der Waals surface area contributed by atoms with E-state index in [1.807, 2.05) is 0 Å². The number of β-amino-alcohol motifs (C(OH)–C–C–N with tert-alkyl or cyclic N) is 2. The Morgan fingerprint density at radius 2 is 1.24 bits per heavy atom. The van der Waals surface area contributed by atoms with E-state index in [9.17, 15) is 4.79 Å². The molecule has 1 heterocycles. The van der Waals surface area contributed by atoms with E-state index in [4.69, 9.17) is 10.2 Å². The van der Waals surface area contributed by atoms with Crippen molar-refractivity contribution in [3.8, 4) is 0 Å². The molecule has 0 atom stereocenters. The zero-order chi connectivity index (χ0) is 12.5. The van der Waals surface area contributed by atoms with Crippen LogP contribution in [0.25, 0.3) is 0 Å². The topological polar surface area (TPSA) is 67.2 Å². The van der Waals surface area contributed by atoms with Crippen LogP contribution in [0.5, 0.6) is 0 Å². The Hall–Kier alpha value is -0.690. The summed E-state index contributed by atoms with van der Waals surface area (Å²) in [4.78, 5) is 16.9. The maximum absolute atomic E-state index is 10.9. The van der Waals surface area contributed by atoms with Crippen LogP contribution in [0.15, 0.2) is 0 Å². The zero-order valence-corrected chi connectivity index (χ0v) is 10.3. The fourth-order valence-electron chi connectivity index (χ4n) is 1.99. The molecule has 0 aromatic heterocycles. The summed E-state index contributed by atoms with van der Waals surface area (Å²) < 4.78 is 0. The van der Waals surface area contributed by atoms with Gasteiger partial charge in [-0.15, -0.1) is 0 Å². The molecule has 100 valence electrons. The predicted molar refractivity (Wildman–Crippen MR) is 64.7 cm³/mol. The largest absolute Gasteiger partial charge is 0.395 e. The number of nitrogens with zero attached hydrogens (tertiary/aromatic N) is 3. The van der Waals surface area contributed by atoms with Crippen LogP contribution >= 0.6 is 0 Å². The molecule has 2 N–H and O–H groups in total. The molecule has 1 aliphatic rings. The van der Waals surface area contributed by atoms with Gasteiger partial charge in [-0.3, -0.25) is 14.6 Å². The molecular weight excluding hydrogens is 222 g/mol. The number of hydrogen-bond donors (Lipinski definition) is 2. The summed E-state index contributed by atoms with van der Waals surface area (Å²) >= 11 is 0. The lowest BCUT2D eigenvalue weighted by Crippen LogP contribution is -2.38. The van der Waals surface area contributed by atoms with Crippen LogP contribution in [-0.2, 0) is 4.79 Å². The van der Waals surface area contributed by atoms with Gasteiger partial charge in [-0.05, 0) is 0 Å². The van der Waals surface area contributed by atoms with Crippen LogP contribution in [0.1, 0.15) is 0 Å². The highest BCUT2D eigenvalue weighted by atomic mass is 16.3. The lowest BCUT2D eigenvalue weighted by atomic mass is 10.4. The van der Waals surface area contributed by atoms with Crippen molar-refractivity contribution in [2.45, 2.75) is 0 Å². The quantitative estimate of drug-likeness (QED) is 0.551. The molecule has 0 saturated carbocycles. The van der Waals surface area contributed by atoms with Crippen LogP contribution in [0, 0.1) is 0 Å². The highest BCUT2D eigenvalue weighted by molar-refractivity contribution is 5.46. The molecular formula is C11H23N3O3. The van der Waals surface area contributed by atoms with E-state index < -0.39 is 0 Å². The van der Waals surface area contributed by atoms with Crippen molar-refractivity contribution in [3.63, 3.8) is 0 Å². The number of carbonyl (C=O) groups excluding carboxylic acids is 1. The molecule has 17 heavy (non-hydrogen) atoms. The Labute approximate surface area is 102 Å². The van der Waals surface area contributed by atoms with Gasteiger partial charge < -0.3 is 15.1 Å². The first-order valence-electron chi connectivity index (χ1n) is 6.16. The molecule has 1 amide bonds. The molecule has 1 aliphatic heterocycles. The Balaban J connectivity index is 2.51. The fourth-order valence-corrected chi connectivity index (χ4v) is 1.99. The van der Waals surface area contributed by atoms with Crippen LogP contribution < -0.4 is 0 Å². The SMILES string of the molecule is O=CN1CCN(CCO)CCN(CCO)CC1. The van der Waals surface area contributed by atoms with Crippen LogP contribution in [0.2, 0.25) is 0 Å². The predicted octanol–water partition coefficient (Wildman–Crippen LogP) is -1.95. The van der Waals surface area contributed by atoms with Crippen molar-refractivity contribution in [1.29, 1.82) is 0 Å². The van der Waals surface area contributed by atoms with E-state index in [0.29, 0.717) is 26.2 Å². The van der Waals surface area contributed by atoms with Gasteiger partial charge in [0.25, 0.3) is 0 Å². The third kappa shape index (κ3) is 5.45. The van der Waals surface area contributed by atoms with E-state index in [2.05, 4.69) is 9.80 Å². The average Bonchev–Trinajstić information content (AvgIpc) is 2.43. The first-order valence-corrected chi connectivity index (χ1v) is 6.16. The molecule has 0 aromatic carbocycles. The van der Waals surface area contributed by atoms with Gasteiger partial charge in [0.15, 0.2) is 0 Å². The number of amides is 1. The van der Waals surface area contributed by atoms with Gasteiger partial charge in [0.05, 0.1) is 13.2 Å². The number of rotatable bonds is 5. The molecule has 1 fully saturated rings. The van der Waals surface area contributed by atoms with E-state index in [-0.39, 0.29) is 13.2 Å². The van der Waals surface area contributed by atoms with E-state index in [0.717, 1.165) is 32.6 Å². The number of aliphatic hydroxyl groups excluding tert-OH is 2. The highest BCUT2D eigenvalue weighted by Crippen LogP contribution is 1.98. The van der Waals surface area contributed by atoms with Crippen molar-refractivity contribution in [1.82, 2.24) is 14.7 Å². The van der Waals surface area contributed by atoms with Gasteiger partial charge in [0, 0.05) is 52.4 Å². The first-order chi connectivity index (χ1) is 8.30. The van der Waals surface area contributed by atoms with Crippen molar-refractivity contribution in [2.75, 3.05) is 65.6 Å². The van der Waals surface area contributed by atoms with Crippen molar-refractivity contribution >= 4 is 6.41 Å². The summed E-state index contributed by atoms with van der Waals surface area (Å²) in [5.41, 5.74) is 0. The molecule has 0 aromatic rings. The molecule has 0 unspecified atom stereocenters. The summed E-state index contributed by atoms with van der Waals surface area (Å²) in [5, 5.41) is 17.9. The standard InChI is InChI=1S/C11H23N3O3/c15-9-7-12-1-2-13(8-10-16)4-6-14(11-17)5-3-12/h11,15-16H,1-10H2. The van der Waals surface area contributed by atoms with Gasteiger partial charge in [-0.25, -0.2) is 0 Å². The van der Waals surface area contributed by atoms with Gasteiger partial charge in [-0.2, -0.15) is 0 Å². The monoisotopic (exact) mass is 245 g/mol. The van der Waals surface area contributed by atoms with Crippen LogP contribution in [0.3, 0.4) is 0 Å². The molecule has 0 radical (unpaired) electrons. The number of hydrogen-bond acceptors (Lipinski definition) is 5. The molecule has 6 heteroatoms. The van der Waals surface area contributed by atoms with E-state index in [1.54, 1.807) is 4.90 Å². The minimum atomic E-state index is 0.140. The average molecular weight is 245 g/mol. The van der Waals surface area contributed by atoms with Crippen molar-refractivity contribution < 1.29 is 15.0 Å². The normalized spacial score (nSPS) is 20.7. The van der Waals surface area contributed by atoms with E-state index in [1.165, 1.54) is 0 Å². The molecule has 0 bridgehead atoms. The Bertz CT molecular complexity index is 198. The summed E-state index contributed by atoms with van der Waals surface area (Å²) in [6, 6.07) is 0. The van der Waals surface area contributed by atoms with Crippen LogP contribution in [0.4, 0.5) is 0 Å². The van der Waals surface area contributed by atoms with Gasteiger partial charge in [0.1, 0.15) is 0 Å². The fraction of sp³-hybridized carbons (Fsp3) is 0.909. The van der Waals surface area contributed by atoms with Gasteiger partial charge >= 0.3 is 0 Å². The first kappa shape index (κ1) is 14.4. The third-order valence-corrected chi connectivity index (χ3v) is 3.12. The zero-order valence-electron chi connectivity index (χ0n) is 10.3. The van der Waals surface area contributed by atoms with Crippen molar-refractivity contribution in [2.24, 2.45) is 0 Å².